The van der Waals surface area contributed by atoms with Gasteiger partial charge in [-0.05, 0) is 6.08 Å². The molecule has 118 valence electrons. The van der Waals surface area contributed by atoms with Crippen LogP contribution < -0.4 is 22.1 Å². The molecule has 7 nitrogen and oxygen atoms in total. The minimum atomic E-state index is -0.566. The number of nitrogens with two attached hydrogens (primary N) is 2. The van der Waals surface area contributed by atoms with E-state index in [9.17, 15) is 9.59 Å². The van der Waals surface area contributed by atoms with E-state index in [2.05, 4.69) is 10.6 Å². The van der Waals surface area contributed by atoms with Crippen LogP contribution in [0.4, 0.5) is 4.79 Å². The summed E-state index contributed by atoms with van der Waals surface area (Å²) in [4.78, 5) is 24.9. The van der Waals surface area contributed by atoms with Crippen LogP contribution in [0.1, 0.15) is 20.8 Å². The van der Waals surface area contributed by atoms with Crippen molar-refractivity contribution in [3.05, 3.63) is 22.6 Å². The second-order valence-corrected chi connectivity index (χ2v) is 6.24. The summed E-state index contributed by atoms with van der Waals surface area (Å²) in [6.45, 7) is 6.70. The lowest BCUT2D eigenvalue weighted by atomic mass is 9.96. The number of urea groups is 1. The molecule has 1 fully saturated rings. The van der Waals surface area contributed by atoms with Crippen LogP contribution in [0.15, 0.2) is 22.6 Å². The van der Waals surface area contributed by atoms with Crippen molar-refractivity contribution < 1.29 is 9.59 Å². The molecule has 1 aliphatic rings. The Morgan fingerprint density at radius 2 is 2.10 bits per heavy atom. The maximum absolute atomic E-state index is 11.8. The van der Waals surface area contributed by atoms with Crippen LogP contribution >= 0.6 is 11.6 Å². The van der Waals surface area contributed by atoms with Crippen LogP contribution in [0.25, 0.3) is 0 Å². The van der Waals surface area contributed by atoms with E-state index in [1.54, 1.807) is 25.7 Å². The van der Waals surface area contributed by atoms with E-state index in [0.717, 1.165) is 0 Å². The summed E-state index contributed by atoms with van der Waals surface area (Å²) in [7, 11) is 0. The van der Waals surface area contributed by atoms with Crippen molar-refractivity contribution in [3.63, 3.8) is 0 Å². The third kappa shape index (κ3) is 5.18. The van der Waals surface area contributed by atoms with Gasteiger partial charge in [0.05, 0.1) is 6.54 Å². The molecule has 0 aliphatic carbocycles. The highest BCUT2D eigenvalue weighted by molar-refractivity contribution is 6.29. The zero-order valence-electron chi connectivity index (χ0n) is 12.5. The molecule has 0 radical (unpaired) electrons. The average Bonchev–Trinajstić information content (AvgIpc) is 2.72. The molecule has 1 heterocycles. The van der Waals surface area contributed by atoms with E-state index in [1.807, 2.05) is 0 Å². The highest BCUT2D eigenvalue weighted by atomic mass is 35.5. The van der Waals surface area contributed by atoms with Gasteiger partial charge in [0.1, 0.15) is 11.0 Å². The minimum Gasteiger partial charge on any atom is -0.389 e. The van der Waals surface area contributed by atoms with Crippen molar-refractivity contribution in [2.75, 3.05) is 19.6 Å². The van der Waals surface area contributed by atoms with Crippen LogP contribution in [0.3, 0.4) is 0 Å². The number of nitrogens with zero attached hydrogens (tertiary/aromatic N) is 1. The first-order valence-corrected chi connectivity index (χ1v) is 6.94. The molecule has 8 heteroatoms. The molecule has 0 unspecified atom stereocenters. The second-order valence-electron chi connectivity index (χ2n) is 5.83. The van der Waals surface area contributed by atoms with Crippen LogP contribution in [-0.2, 0) is 4.79 Å². The largest absolute Gasteiger partial charge is 0.389 e. The Balaban J connectivity index is 2.78. The molecule has 6 N–H and O–H groups in total. The van der Waals surface area contributed by atoms with Gasteiger partial charge in [0.15, 0.2) is 0 Å². The molecule has 1 saturated heterocycles. The summed E-state index contributed by atoms with van der Waals surface area (Å²) in [6.07, 6.45) is 1.47. The van der Waals surface area contributed by atoms with Gasteiger partial charge in [0.2, 0.25) is 5.91 Å². The first-order chi connectivity index (χ1) is 9.61. The van der Waals surface area contributed by atoms with E-state index in [4.69, 9.17) is 23.1 Å². The standard InChI is InChI=1S/C13H22ClN5O2/c1-13(2,3)11(20)18-9(15)6-8(10(14)16)7-19-5-4-17-12(19)21/h6H,4-5,7,15-16H2,1-3H3,(H,17,21)(H,18,20)/b9-6+,10-8+. The summed E-state index contributed by atoms with van der Waals surface area (Å²) in [5.74, 6) is -0.0872. The predicted octanol–water partition coefficient (Wildman–Crippen LogP) is 0.383. The van der Waals surface area contributed by atoms with Crippen molar-refractivity contribution in [1.82, 2.24) is 15.5 Å². The average molecular weight is 316 g/mol. The molecule has 0 aromatic carbocycles. The van der Waals surface area contributed by atoms with Crippen LogP contribution in [-0.4, -0.2) is 36.5 Å². The summed E-state index contributed by atoms with van der Waals surface area (Å²) in [5, 5.41) is 5.28. The lowest BCUT2D eigenvalue weighted by Crippen LogP contribution is -2.37. The lowest BCUT2D eigenvalue weighted by Gasteiger charge is -2.19. The molecule has 0 aromatic rings. The Morgan fingerprint density at radius 1 is 1.48 bits per heavy atom. The molecule has 0 saturated carbocycles. The van der Waals surface area contributed by atoms with Crippen molar-refractivity contribution in [2.45, 2.75) is 20.8 Å². The van der Waals surface area contributed by atoms with E-state index >= 15 is 0 Å². The summed E-state index contributed by atoms with van der Waals surface area (Å²) >= 11 is 5.83. The van der Waals surface area contributed by atoms with Gasteiger partial charge in [-0.15, -0.1) is 0 Å². The third-order valence-corrected chi connectivity index (χ3v) is 3.12. The van der Waals surface area contributed by atoms with Crippen molar-refractivity contribution in [1.29, 1.82) is 0 Å². The van der Waals surface area contributed by atoms with E-state index in [-0.39, 0.29) is 29.5 Å². The van der Waals surface area contributed by atoms with Crippen molar-refractivity contribution in [3.8, 4) is 0 Å². The fourth-order valence-electron chi connectivity index (χ4n) is 1.60. The number of rotatable bonds is 4. The molecule has 0 aromatic heterocycles. The number of hydrogen-bond donors (Lipinski definition) is 4. The second kappa shape index (κ2) is 6.71. The van der Waals surface area contributed by atoms with Gasteiger partial charge < -0.3 is 27.0 Å². The molecule has 21 heavy (non-hydrogen) atoms. The Kier molecular flexibility index (Phi) is 5.48. The molecule has 1 aliphatic heterocycles. The molecule has 0 spiro atoms. The monoisotopic (exact) mass is 315 g/mol. The van der Waals surface area contributed by atoms with Gasteiger partial charge in [0, 0.05) is 24.1 Å². The van der Waals surface area contributed by atoms with E-state index < -0.39 is 5.41 Å². The highest BCUT2D eigenvalue weighted by Crippen LogP contribution is 2.14. The number of carbonyl (C=O) groups is 2. The quantitative estimate of drug-likeness (QED) is 0.443. The Hall–Kier alpha value is -1.89. The SMILES string of the molecule is CC(C)(C)C(=O)N/C(N)=C/C(CN1CCNC1=O)=C(\N)Cl. The summed E-state index contributed by atoms with van der Waals surface area (Å²) in [5.41, 5.74) is 11.3. The van der Waals surface area contributed by atoms with Crippen molar-refractivity contribution >= 4 is 23.5 Å². The molecular weight excluding hydrogens is 294 g/mol. The van der Waals surface area contributed by atoms with Gasteiger partial charge >= 0.3 is 6.03 Å². The van der Waals surface area contributed by atoms with Gasteiger partial charge in [-0.2, -0.15) is 0 Å². The van der Waals surface area contributed by atoms with Crippen LogP contribution in [0.2, 0.25) is 0 Å². The third-order valence-electron chi connectivity index (χ3n) is 2.88. The van der Waals surface area contributed by atoms with Crippen LogP contribution in [0, 0.1) is 5.41 Å². The molecular formula is C13H22ClN5O2. The summed E-state index contributed by atoms with van der Waals surface area (Å²) in [6, 6.07) is -0.184. The first-order valence-electron chi connectivity index (χ1n) is 6.57. The summed E-state index contributed by atoms with van der Waals surface area (Å²) < 4.78 is 0. The normalized spacial score (nSPS) is 17.4. The fourth-order valence-corrected chi connectivity index (χ4v) is 1.71. The van der Waals surface area contributed by atoms with Gasteiger partial charge in [-0.25, -0.2) is 4.79 Å². The number of amides is 3. The number of halogens is 1. The Labute approximate surface area is 129 Å². The maximum Gasteiger partial charge on any atom is 0.317 e. The molecule has 1 rings (SSSR count). The Bertz CT molecular complexity index is 489. The first kappa shape index (κ1) is 17.2. The van der Waals surface area contributed by atoms with Crippen molar-refractivity contribution in [2.24, 2.45) is 16.9 Å². The Morgan fingerprint density at radius 3 is 2.52 bits per heavy atom. The highest BCUT2D eigenvalue weighted by Gasteiger charge is 2.23. The zero-order chi connectivity index (χ0) is 16.2. The van der Waals surface area contributed by atoms with Crippen LogP contribution in [0.5, 0.6) is 0 Å². The fraction of sp³-hybridized carbons (Fsp3) is 0.538. The smallest absolute Gasteiger partial charge is 0.317 e. The maximum atomic E-state index is 11.8. The number of nitrogens with one attached hydrogen (secondary N) is 2. The van der Waals surface area contributed by atoms with Gasteiger partial charge in [-0.1, -0.05) is 32.4 Å². The van der Waals surface area contributed by atoms with E-state index in [1.165, 1.54) is 6.08 Å². The van der Waals surface area contributed by atoms with E-state index in [0.29, 0.717) is 18.7 Å². The lowest BCUT2D eigenvalue weighted by molar-refractivity contribution is -0.127. The number of carbonyl (C=O) groups excluding carboxylic acids is 2. The topological polar surface area (TPSA) is 113 Å². The predicted molar refractivity (Wildman–Crippen MR) is 81.9 cm³/mol. The van der Waals surface area contributed by atoms with Gasteiger partial charge in [0.25, 0.3) is 0 Å². The molecule has 0 atom stereocenters. The minimum absolute atomic E-state index is 0.0302. The molecule has 3 amide bonds. The molecule has 0 bridgehead atoms. The zero-order valence-corrected chi connectivity index (χ0v) is 13.3. The van der Waals surface area contributed by atoms with Gasteiger partial charge in [-0.3, -0.25) is 4.79 Å². The number of hydrogen-bond acceptors (Lipinski definition) is 4.